The van der Waals surface area contributed by atoms with Gasteiger partial charge in [-0.1, -0.05) is 5.92 Å². The summed E-state index contributed by atoms with van der Waals surface area (Å²) >= 11 is 0. The first kappa shape index (κ1) is 8.41. The van der Waals surface area contributed by atoms with Gasteiger partial charge >= 0.3 is 0 Å². The summed E-state index contributed by atoms with van der Waals surface area (Å²) in [6.07, 6.45) is 6.29. The third-order valence-electron chi connectivity index (χ3n) is 1.31. The minimum absolute atomic E-state index is 0.0790. The Labute approximate surface area is 70.0 Å². The Morgan fingerprint density at radius 1 is 1.75 bits per heavy atom. The van der Waals surface area contributed by atoms with Crippen LogP contribution in [0.2, 0.25) is 0 Å². The summed E-state index contributed by atoms with van der Waals surface area (Å²) in [7, 11) is 0. The molecule has 0 aliphatic carbocycles. The maximum absolute atomic E-state index is 11.1. The molecule has 0 aliphatic heterocycles. The van der Waals surface area contributed by atoms with Gasteiger partial charge in [0.1, 0.15) is 12.4 Å². The Bertz CT molecular complexity index is 357. The Hall–Kier alpha value is -1.69. The highest BCUT2D eigenvalue weighted by Gasteiger charge is 2.04. The third kappa shape index (κ3) is 1.67. The van der Waals surface area contributed by atoms with E-state index in [0.29, 0.717) is 5.76 Å². The molecule has 0 spiro atoms. The molecule has 1 heterocycles. The van der Waals surface area contributed by atoms with Gasteiger partial charge in [0.05, 0.1) is 6.26 Å². The molecule has 12 heavy (non-hydrogen) atoms. The predicted molar refractivity (Wildman–Crippen MR) is 44.0 cm³/mol. The zero-order valence-electron chi connectivity index (χ0n) is 6.66. The van der Waals surface area contributed by atoms with Crippen molar-refractivity contribution in [2.45, 2.75) is 6.92 Å². The van der Waals surface area contributed by atoms with Crippen LogP contribution in [-0.4, -0.2) is 6.61 Å². The topological polar surface area (TPSA) is 39.4 Å². The van der Waals surface area contributed by atoms with E-state index in [1.807, 2.05) is 0 Å². The molecule has 0 amide bonds. The van der Waals surface area contributed by atoms with E-state index in [4.69, 9.17) is 15.6 Å². The molecule has 0 saturated heterocycles. The van der Waals surface area contributed by atoms with Crippen LogP contribution in [-0.2, 0) is 0 Å². The zero-order chi connectivity index (χ0) is 8.97. The zero-order valence-corrected chi connectivity index (χ0v) is 6.66. The van der Waals surface area contributed by atoms with Crippen LogP contribution < -0.4 is 10.2 Å². The molecule has 3 heteroatoms. The fourth-order valence-electron chi connectivity index (χ4n) is 0.787. The van der Waals surface area contributed by atoms with Crippen LogP contribution in [0, 0.1) is 19.3 Å². The van der Waals surface area contributed by atoms with E-state index in [0.717, 1.165) is 0 Å². The second kappa shape index (κ2) is 3.63. The first-order chi connectivity index (χ1) is 5.75. The van der Waals surface area contributed by atoms with E-state index in [1.54, 1.807) is 6.92 Å². The first-order valence-electron chi connectivity index (χ1n) is 3.40. The van der Waals surface area contributed by atoms with Gasteiger partial charge in [-0.2, -0.15) is 0 Å². The van der Waals surface area contributed by atoms with Crippen molar-refractivity contribution in [1.82, 2.24) is 0 Å². The molecule has 0 radical (unpaired) electrons. The maximum Gasteiger partial charge on any atom is 0.227 e. The van der Waals surface area contributed by atoms with E-state index in [1.165, 1.54) is 12.3 Å². The van der Waals surface area contributed by atoms with Crippen molar-refractivity contribution in [2.75, 3.05) is 6.61 Å². The van der Waals surface area contributed by atoms with Crippen molar-refractivity contribution >= 4 is 0 Å². The number of hydrogen-bond acceptors (Lipinski definition) is 3. The number of rotatable bonds is 2. The minimum atomic E-state index is -0.214. The molecule has 1 aromatic heterocycles. The average Bonchev–Trinajstić information content (AvgIpc) is 2.04. The largest absolute Gasteiger partial charge is 0.473 e. The van der Waals surface area contributed by atoms with Crippen LogP contribution in [0.5, 0.6) is 5.75 Å². The molecule has 3 nitrogen and oxygen atoms in total. The lowest BCUT2D eigenvalue weighted by Gasteiger charge is -2.01. The Balaban J connectivity index is 2.98. The Kier molecular flexibility index (Phi) is 2.54. The van der Waals surface area contributed by atoms with Gasteiger partial charge in [-0.25, -0.2) is 0 Å². The summed E-state index contributed by atoms with van der Waals surface area (Å²) in [5.74, 6) is 2.90. The minimum Gasteiger partial charge on any atom is -0.473 e. The molecule has 0 aliphatic rings. The average molecular weight is 164 g/mol. The molecule has 0 unspecified atom stereocenters. The number of ether oxygens (including phenoxy) is 1. The fourth-order valence-corrected chi connectivity index (χ4v) is 0.787. The van der Waals surface area contributed by atoms with Gasteiger partial charge in [0, 0.05) is 6.07 Å². The molecular formula is C9H8O3. The Morgan fingerprint density at radius 2 is 2.50 bits per heavy atom. The van der Waals surface area contributed by atoms with Gasteiger partial charge in [0.15, 0.2) is 0 Å². The number of hydrogen-bond donors (Lipinski definition) is 0. The second-order valence-electron chi connectivity index (χ2n) is 2.16. The fraction of sp³-hybridized carbons (Fsp3) is 0.222. The van der Waals surface area contributed by atoms with Crippen molar-refractivity contribution in [2.24, 2.45) is 0 Å². The summed E-state index contributed by atoms with van der Waals surface area (Å²) in [6.45, 7) is 1.73. The van der Waals surface area contributed by atoms with Crippen molar-refractivity contribution in [1.29, 1.82) is 0 Å². The van der Waals surface area contributed by atoms with E-state index >= 15 is 0 Å². The van der Waals surface area contributed by atoms with Crippen molar-refractivity contribution in [3.05, 3.63) is 28.3 Å². The smallest absolute Gasteiger partial charge is 0.227 e. The monoisotopic (exact) mass is 164 g/mol. The third-order valence-corrected chi connectivity index (χ3v) is 1.31. The van der Waals surface area contributed by atoms with Gasteiger partial charge in [-0.05, 0) is 6.92 Å². The predicted octanol–water partition coefficient (Wildman–Crippen LogP) is 0.960. The highest BCUT2D eigenvalue weighted by molar-refractivity contribution is 5.23. The van der Waals surface area contributed by atoms with Crippen molar-refractivity contribution < 1.29 is 9.15 Å². The first-order valence-corrected chi connectivity index (χ1v) is 3.40. The molecule has 1 aromatic rings. The summed E-state index contributed by atoms with van der Waals surface area (Å²) in [4.78, 5) is 11.1. The highest BCUT2D eigenvalue weighted by Crippen LogP contribution is 2.09. The van der Waals surface area contributed by atoms with Gasteiger partial charge in [-0.3, -0.25) is 4.79 Å². The molecular weight excluding hydrogens is 156 g/mol. The lowest BCUT2D eigenvalue weighted by atomic mass is 10.4. The number of terminal acetylenes is 1. The van der Waals surface area contributed by atoms with Crippen LogP contribution in [0.15, 0.2) is 21.5 Å². The lowest BCUT2D eigenvalue weighted by molar-refractivity contribution is 0.341. The maximum atomic E-state index is 11.1. The molecule has 0 saturated carbocycles. The van der Waals surface area contributed by atoms with Crippen LogP contribution in [0.3, 0.4) is 0 Å². The molecule has 0 bridgehead atoms. The molecule has 0 fully saturated rings. The highest BCUT2D eigenvalue weighted by atomic mass is 16.5. The van der Waals surface area contributed by atoms with E-state index in [-0.39, 0.29) is 17.8 Å². The van der Waals surface area contributed by atoms with Gasteiger partial charge in [-0.15, -0.1) is 6.42 Å². The Morgan fingerprint density at radius 3 is 3.08 bits per heavy atom. The van der Waals surface area contributed by atoms with Crippen LogP contribution in [0.1, 0.15) is 5.76 Å². The van der Waals surface area contributed by atoms with Crippen LogP contribution in [0.4, 0.5) is 0 Å². The van der Waals surface area contributed by atoms with Gasteiger partial charge < -0.3 is 9.15 Å². The molecule has 62 valence electrons. The van der Waals surface area contributed by atoms with E-state index < -0.39 is 0 Å². The molecule has 0 N–H and O–H groups in total. The molecule has 0 atom stereocenters. The second-order valence-corrected chi connectivity index (χ2v) is 2.16. The van der Waals surface area contributed by atoms with Crippen LogP contribution in [0.25, 0.3) is 0 Å². The summed E-state index contributed by atoms with van der Waals surface area (Å²) in [5.41, 5.74) is -0.214. The van der Waals surface area contributed by atoms with E-state index in [9.17, 15) is 4.79 Å². The lowest BCUT2D eigenvalue weighted by Crippen LogP contribution is -2.08. The van der Waals surface area contributed by atoms with E-state index in [2.05, 4.69) is 5.92 Å². The SMILES string of the molecule is C#CCOc1c(C)occc1=O. The number of aryl methyl sites for hydroxylation is 1. The standard InChI is InChI=1S/C9H8O3/c1-3-5-12-9-7(2)11-6-4-8(9)10/h1,4,6H,5H2,2H3. The summed E-state index contributed by atoms with van der Waals surface area (Å²) in [5, 5.41) is 0. The normalized spacial score (nSPS) is 9.00. The van der Waals surface area contributed by atoms with Crippen molar-refractivity contribution in [3.8, 4) is 18.1 Å². The quantitative estimate of drug-likeness (QED) is 0.611. The summed E-state index contributed by atoms with van der Waals surface area (Å²) < 4.78 is 9.92. The molecule has 0 aromatic carbocycles. The van der Waals surface area contributed by atoms with Crippen molar-refractivity contribution in [3.63, 3.8) is 0 Å². The summed E-state index contributed by atoms with van der Waals surface area (Å²) in [6, 6.07) is 1.29. The van der Waals surface area contributed by atoms with Gasteiger partial charge in [0.2, 0.25) is 11.2 Å². The van der Waals surface area contributed by atoms with Gasteiger partial charge in [0.25, 0.3) is 0 Å². The molecule has 1 rings (SSSR count). The van der Waals surface area contributed by atoms with Crippen LogP contribution >= 0.6 is 0 Å².